The van der Waals surface area contributed by atoms with Crippen molar-refractivity contribution < 1.29 is 14.3 Å². The van der Waals surface area contributed by atoms with Crippen molar-refractivity contribution in [1.29, 1.82) is 0 Å². The van der Waals surface area contributed by atoms with E-state index in [1.807, 2.05) is 33.8 Å². The topological polar surface area (TPSA) is 109 Å². The third-order valence-electron chi connectivity index (χ3n) is 4.57. The normalized spacial score (nSPS) is 19.4. The lowest BCUT2D eigenvalue weighted by Gasteiger charge is -2.30. The van der Waals surface area contributed by atoms with Gasteiger partial charge >= 0.3 is 6.03 Å². The first kappa shape index (κ1) is 20.7. The number of rotatable bonds is 4. The third-order valence-corrected chi connectivity index (χ3v) is 4.57. The molecular weight excluding hydrogens is 372 g/mol. The van der Waals surface area contributed by atoms with E-state index in [0.29, 0.717) is 23.7 Å². The molecule has 1 aromatic heterocycles. The second-order valence-corrected chi connectivity index (χ2v) is 8.16. The molecule has 1 saturated heterocycles. The number of amides is 3. The number of benzene rings is 1. The summed E-state index contributed by atoms with van der Waals surface area (Å²) in [6.07, 6.45) is -0.149. The van der Waals surface area contributed by atoms with Crippen LogP contribution in [-0.2, 0) is 10.2 Å². The summed E-state index contributed by atoms with van der Waals surface area (Å²) in [7, 11) is 1.59. The van der Waals surface area contributed by atoms with Gasteiger partial charge in [-0.05, 0) is 31.2 Å². The van der Waals surface area contributed by atoms with Gasteiger partial charge in [0.15, 0.2) is 6.29 Å². The largest absolute Gasteiger partial charge is 0.497 e. The molecule has 0 saturated carbocycles. The fourth-order valence-corrected chi connectivity index (χ4v) is 3.00. The zero-order valence-corrected chi connectivity index (χ0v) is 17.4. The number of urea groups is 1. The second-order valence-electron chi connectivity index (χ2n) is 8.16. The van der Waals surface area contributed by atoms with Crippen molar-refractivity contribution in [3.63, 3.8) is 0 Å². The van der Waals surface area contributed by atoms with Crippen LogP contribution in [0.2, 0.25) is 0 Å². The molecule has 0 spiro atoms. The molecule has 9 nitrogen and oxygen atoms in total. The number of hydrogen-bond acceptors (Lipinski definition) is 5. The van der Waals surface area contributed by atoms with Crippen LogP contribution < -0.4 is 26.0 Å². The molecule has 2 unspecified atom stereocenters. The summed E-state index contributed by atoms with van der Waals surface area (Å²) in [6, 6.07) is 8.44. The summed E-state index contributed by atoms with van der Waals surface area (Å²) >= 11 is 0. The number of carbonyl (C=O) groups excluding carboxylic acids is 2. The lowest BCUT2D eigenvalue weighted by molar-refractivity contribution is -0.125. The molecule has 0 bridgehead atoms. The smallest absolute Gasteiger partial charge is 0.324 e. The van der Waals surface area contributed by atoms with Gasteiger partial charge in [-0.1, -0.05) is 20.8 Å². The molecule has 3 rings (SSSR count). The minimum absolute atomic E-state index is 0.00277. The zero-order valence-electron chi connectivity index (χ0n) is 17.4. The zero-order chi connectivity index (χ0) is 21.2. The van der Waals surface area contributed by atoms with Crippen molar-refractivity contribution in [2.24, 2.45) is 0 Å². The van der Waals surface area contributed by atoms with Gasteiger partial charge in [0, 0.05) is 29.6 Å². The number of nitrogens with one attached hydrogen (secondary N) is 4. The summed E-state index contributed by atoms with van der Waals surface area (Å²) in [5.74, 6) is 1.12. The Hall–Kier alpha value is -3.07. The van der Waals surface area contributed by atoms with Crippen LogP contribution in [-0.4, -0.2) is 34.9 Å². The molecule has 1 fully saturated rings. The highest BCUT2D eigenvalue weighted by atomic mass is 16.5. The number of nitrogens with zero attached hydrogens (tertiary/aromatic N) is 2. The minimum Gasteiger partial charge on any atom is -0.497 e. The van der Waals surface area contributed by atoms with Crippen LogP contribution in [0.15, 0.2) is 30.3 Å². The highest BCUT2D eigenvalue weighted by Crippen LogP contribution is 2.26. The van der Waals surface area contributed by atoms with Crippen molar-refractivity contribution in [2.45, 2.75) is 51.9 Å². The number of ether oxygens (including phenoxy) is 1. The van der Waals surface area contributed by atoms with E-state index in [9.17, 15) is 9.59 Å². The Balaban J connectivity index is 1.81. The van der Waals surface area contributed by atoms with Crippen molar-refractivity contribution >= 4 is 23.4 Å². The molecule has 0 aliphatic carbocycles. The highest BCUT2D eigenvalue weighted by Gasteiger charge is 2.29. The maximum Gasteiger partial charge on any atom is 0.324 e. The number of anilines is 2. The van der Waals surface area contributed by atoms with E-state index in [1.54, 1.807) is 36.1 Å². The first-order chi connectivity index (χ1) is 13.7. The number of hydrogen-bond donors (Lipinski definition) is 4. The maximum absolute atomic E-state index is 12.6. The van der Waals surface area contributed by atoms with Gasteiger partial charge in [-0.2, -0.15) is 5.10 Å². The number of aromatic nitrogens is 2. The second kappa shape index (κ2) is 8.12. The SMILES string of the molecule is COc1ccc(NC(=O)Nc2cc(C(C)(C)C)nn2C2NC(=O)CC(C)N2)cc1. The Morgan fingerprint density at radius 1 is 1.24 bits per heavy atom. The molecule has 3 amide bonds. The van der Waals surface area contributed by atoms with Gasteiger partial charge in [-0.25, -0.2) is 9.48 Å². The molecule has 156 valence electrons. The monoisotopic (exact) mass is 400 g/mol. The Labute approximate surface area is 170 Å². The molecule has 9 heteroatoms. The molecular formula is C20H28N6O3. The van der Waals surface area contributed by atoms with Crippen molar-refractivity contribution in [3.05, 3.63) is 36.0 Å². The van der Waals surface area contributed by atoms with E-state index in [-0.39, 0.29) is 17.4 Å². The summed E-state index contributed by atoms with van der Waals surface area (Å²) in [6.45, 7) is 8.05. The molecule has 29 heavy (non-hydrogen) atoms. The molecule has 2 aromatic rings. The summed E-state index contributed by atoms with van der Waals surface area (Å²) in [5, 5.41) is 16.4. The van der Waals surface area contributed by atoms with Crippen LogP contribution in [0.3, 0.4) is 0 Å². The lowest BCUT2D eigenvalue weighted by atomic mass is 9.92. The quantitative estimate of drug-likeness (QED) is 0.631. The third kappa shape index (κ3) is 5.05. The van der Waals surface area contributed by atoms with Gasteiger partial charge in [0.25, 0.3) is 0 Å². The van der Waals surface area contributed by atoms with Gasteiger partial charge in [0.05, 0.1) is 12.8 Å². The molecule has 2 atom stereocenters. The van der Waals surface area contributed by atoms with Crippen LogP contribution in [0.5, 0.6) is 5.75 Å². The lowest BCUT2D eigenvalue weighted by Crippen LogP contribution is -2.52. The molecule has 2 heterocycles. The summed E-state index contributed by atoms with van der Waals surface area (Å²) < 4.78 is 6.72. The first-order valence-corrected chi connectivity index (χ1v) is 9.53. The standard InChI is InChI=1S/C20H28N6O3/c1-12-10-17(27)24-18(21-12)26-16(11-15(25-26)20(2,3)4)23-19(28)22-13-6-8-14(29-5)9-7-13/h6-9,11-12,18,21H,10H2,1-5H3,(H,24,27)(H2,22,23,28). The van der Waals surface area contributed by atoms with Crippen LogP contribution in [0, 0.1) is 0 Å². The van der Waals surface area contributed by atoms with E-state index in [2.05, 4.69) is 26.4 Å². The van der Waals surface area contributed by atoms with E-state index < -0.39 is 12.3 Å². The Morgan fingerprint density at radius 3 is 2.52 bits per heavy atom. The number of methoxy groups -OCH3 is 1. The number of carbonyl (C=O) groups is 2. The van der Waals surface area contributed by atoms with E-state index >= 15 is 0 Å². The van der Waals surface area contributed by atoms with Crippen molar-refractivity contribution in [3.8, 4) is 5.75 Å². The van der Waals surface area contributed by atoms with E-state index in [1.165, 1.54) is 0 Å². The van der Waals surface area contributed by atoms with Crippen LogP contribution >= 0.6 is 0 Å². The van der Waals surface area contributed by atoms with Gasteiger partial charge < -0.3 is 15.4 Å². The van der Waals surface area contributed by atoms with Gasteiger partial charge in [-0.15, -0.1) is 0 Å². The Bertz CT molecular complexity index is 885. The minimum atomic E-state index is -0.543. The average molecular weight is 400 g/mol. The van der Waals surface area contributed by atoms with Gasteiger partial charge in [0.2, 0.25) is 5.91 Å². The predicted molar refractivity (Wildman–Crippen MR) is 111 cm³/mol. The Kier molecular flexibility index (Phi) is 5.78. The van der Waals surface area contributed by atoms with Crippen LogP contribution in [0.1, 0.15) is 46.1 Å². The molecule has 1 aromatic carbocycles. The van der Waals surface area contributed by atoms with Crippen LogP contribution in [0.4, 0.5) is 16.3 Å². The van der Waals surface area contributed by atoms with Crippen molar-refractivity contribution in [2.75, 3.05) is 17.7 Å². The molecule has 1 aliphatic rings. The average Bonchev–Trinajstić information content (AvgIpc) is 3.05. The van der Waals surface area contributed by atoms with E-state index in [0.717, 1.165) is 5.69 Å². The van der Waals surface area contributed by atoms with Crippen LogP contribution in [0.25, 0.3) is 0 Å². The molecule has 1 aliphatic heterocycles. The highest BCUT2D eigenvalue weighted by molar-refractivity contribution is 5.99. The van der Waals surface area contributed by atoms with Gasteiger partial charge in [-0.3, -0.25) is 15.4 Å². The fourth-order valence-electron chi connectivity index (χ4n) is 3.00. The van der Waals surface area contributed by atoms with E-state index in [4.69, 9.17) is 4.74 Å². The summed E-state index contributed by atoms with van der Waals surface area (Å²) in [4.78, 5) is 24.5. The fraction of sp³-hybridized carbons (Fsp3) is 0.450. The van der Waals surface area contributed by atoms with Gasteiger partial charge in [0.1, 0.15) is 11.6 Å². The molecule has 0 radical (unpaired) electrons. The van der Waals surface area contributed by atoms with Crippen molar-refractivity contribution in [1.82, 2.24) is 20.4 Å². The predicted octanol–water partition coefficient (Wildman–Crippen LogP) is 2.79. The summed E-state index contributed by atoms with van der Waals surface area (Å²) in [5.41, 5.74) is 1.20. The molecule has 4 N–H and O–H groups in total. The maximum atomic E-state index is 12.6. The Morgan fingerprint density at radius 2 is 1.93 bits per heavy atom. The first-order valence-electron chi connectivity index (χ1n) is 9.53.